The Morgan fingerprint density at radius 1 is 1.17 bits per heavy atom. The van der Waals surface area contributed by atoms with Crippen LogP contribution in [0, 0.1) is 20.8 Å². The van der Waals surface area contributed by atoms with E-state index >= 15 is 0 Å². The Hall–Kier alpha value is -1.84. The van der Waals surface area contributed by atoms with Gasteiger partial charge in [-0.15, -0.1) is 11.3 Å². The lowest BCUT2D eigenvalue weighted by Crippen LogP contribution is -2.31. The lowest BCUT2D eigenvalue weighted by atomic mass is 10.4. The Morgan fingerprint density at radius 3 is 2.42 bits per heavy atom. The number of hydrogen-bond donors (Lipinski definition) is 1. The highest BCUT2D eigenvalue weighted by Crippen LogP contribution is 2.28. The molecule has 0 atom stereocenters. The molecule has 0 aliphatic heterocycles. The number of hydrogen-bond acceptors (Lipinski definition) is 7. The molecule has 2 aromatic heterocycles. The molecule has 1 N–H and O–H groups in total. The van der Waals surface area contributed by atoms with Gasteiger partial charge in [0.2, 0.25) is 5.91 Å². The summed E-state index contributed by atoms with van der Waals surface area (Å²) in [6.45, 7) is 7.87. The van der Waals surface area contributed by atoms with Crippen LogP contribution in [-0.4, -0.2) is 42.0 Å². The highest BCUT2D eigenvalue weighted by atomic mass is 32.1. The Labute approximate surface area is 148 Å². The highest BCUT2D eigenvalue weighted by Gasteiger charge is 2.22. The second kappa shape index (κ2) is 7.82. The Balaban J connectivity index is 2.20. The monoisotopic (exact) mass is 368 g/mol. The maximum Gasteiger partial charge on any atom is 0.269 e. The first-order valence-corrected chi connectivity index (χ1v) is 8.96. The van der Waals surface area contributed by atoms with E-state index in [2.05, 4.69) is 15.3 Å². The van der Waals surface area contributed by atoms with E-state index < -0.39 is 0 Å². The van der Waals surface area contributed by atoms with Crippen molar-refractivity contribution < 1.29 is 14.3 Å². The number of anilines is 2. The molecule has 2 aromatic rings. The molecule has 2 amide bonds. The summed E-state index contributed by atoms with van der Waals surface area (Å²) in [6.07, 6.45) is 0. The molecule has 0 fully saturated rings. The zero-order chi connectivity index (χ0) is 17.9. The molecule has 0 spiro atoms. The largest absolute Gasteiger partial charge is 0.383 e. The summed E-state index contributed by atoms with van der Waals surface area (Å²) in [4.78, 5) is 36.0. The topological polar surface area (TPSA) is 84.4 Å². The molecular weight excluding hydrogens is 348 g/mol. The molecule has 2 heterocycles. The minimum absolute atomic E-state index is 0.140. The molecule has 0 aromatic carbocycles. The number of aryl methyl sites for hydroxylation is 3. The van der Waals surface area contributed by atoms with E-state index in [1.54, 1.807) is 14.0 Å². The van der Waals surface area contributed by atoms with Gasteiger partial charge in [0.05, 0.1) is 24.5 Å². The number of amides is 2. The van der Waals surface area contributed by atoms with Crippen molar-refractivity contribution in [2.24, 2.45) is 0 Å². The van der Waals surface area contributed by atoms with Gasteiger partial charge >= 0.3 is 0 Å². The van der Waals surface area contributed by atoms with Crippen molar-refractivity contribution in [3.8, 4) is 0 Å². The predicted molar refractivity (Wildman–Crippen MR) is 96.3 cm³/mol. The molecule has 9 heteroatoms. The van der Waals surface area contributed by atoms with Crippen LogP contribution in [0.1, 0.15) is 32.9 Å². The fourth-order valence-corrected chi connectivity index (χ4v) is 3.80. The van der Waals surface area contributed by atoms with Crippen LogP contribution < -0.4 is 10.2 Å². The van der Waals surface area contributed by atoms with Gasteiger partial charge in [-0.05, 0) is 20.8 Å². The zero-order valence-electron chi connectivity index (χ0n) is 14.3. The van der Waals surface area contributed by atoms with Gasteiger partial charge in [-0.25, -0.2) is 9.97 Å². The third kappa shape index (κ3) is 4.16. The third-order valence-electron chi connectivity index (χ3n) is 3.37. The van der Waals surface area contributed by atoms with Crippen LogP contribution in [0.5, 0.6) is 0 Å². The SMILES string of the molecule is COCCN(C(C)=O)c1nc(C)c(C(=O)Nc2nc(C)c(C)s2)s1. The third-order valence-corrected chi connectivity index (χ3v) is 5.54. The van der Waals surface area contributed by atoms with Crippen LogP contribution in [0.25, 0.3) is 0 Å². The quantitative estimate of drug-likeness (QED) is 0.847. The van der Waals surface area contributed by atoms with Crippen LogP contribution >= 0.6 is 22.7 Å². The van der Waals surface area contributed by atoms with Gasteiger partial charge in [0.25, 0.3) is 5.91 Å². The minimum Gasteiger partial charge on any atom is -0.383 e. The Kier molecular flexibility index (Phi) is 6.03. The summed E-state index contributed by atoms with van der Waals surface area (Å²) in [5, 5.41) is 3.85. The molecule has 0 saturated heterocycles. The highest BCUT2D eigenvalue weighted by molar-refractivity contribution is 7.18. The van der Waals surface area contributed by atoms with Crippen molar-refractivity contribution >= 4 is 44.8 Å². The summed E-state index contributed by atoms with van der Waals surface area (Å²) in [6, 6.07) is 0. The molecule has 0 radical (unpaired) electrons. The molecular formula is C15H20N4O3S2. The maximum atomic E-state index is 12.5. The normalized spacial score (nSPS) is 10.7. The minimum atomic E-state index is -0.264. The van der Waals surface area contributed by atoms with Crippen LogP contribution in [0.2, 0.25) is 0 Å². The molecule has 130 valence electrons. The average Bonchev–Trinajstić information content (AvgIpc) is 3.02. The van der Waals surface area contributed by atoms with E-state index in [-0.39, 0.29) is 11.8 Å². The predicted octanol–water partition coefficient (Wildman–Crippen LogP) is 2.78. The summed E-state index contributed by atoms with van der Waals surface area (Å²) in [5.74, 6) is -0.404. The van der Waals surface area contributed by atoms with Crippen LogP contribution in [-0.2, 0) is 9.53 Å². The van der Waals surface area contributed by atoms with Crippen molar-refractivity contribution in [2.45, 2.75) is 27.7 Å². The molecule has 7 nitrogen and oxygen atoms in total. The van der Waals surface area contributed by atoms with E-state index in [0.717, 1.165) is 10.6 Å². The number of carbonyl (C=O) groups is 2. The average molecular weight is 368 g/mol. The summed E-state index contributed by atoms with van der Waals surface area (Å²) in [7, 11) is 1.57. The van der Waals surface area contributed by atoms with E-state index in [1.807, 2.05) is 13.8 Å². The van der Waals surface area contributed by atoms with E-state index in [9.17, 15) is 9.59 Å². The number of nitrogens with one attached hydrogen (secondary N) is 1. The smallest absolute Gasteiger partial charge is 0.269 e. The van der Waals surface area contributed by atoms with Crippen molar-refractivity contribution in [3.05, 3.63) is 21.1 Å². The number of carbonyl (C=O) groups excluding carboxylic acids is 2. The summed E-state index contributed by atoms with van der Waals surface area (Å²) >= 11 is 2.62. The lowest BCUT2D eigenvalue weighted by Gasteiger charge is -2.16. The van der Waals surface area contributed by atoms with E-state index in [0.29, 0.717) is 34.0 Å². The number of methoxy groups -OCH3 is 1. The van der Waals surface area contributed by atoms with Gasteiger partial charge in [0.1, 0.15) is 4.88 Å². The number of aromatic nitrogens is 2. The molecule has 0 aliphatic rings. The second-order valence-electron chi connectivity index (χ2n) is 5.19. The molecule has 24 heavy (non-hydrogen) atoms. The molecule has 2 rings (SSSR count). The fourth-order valence-electron chi connectivity index (χ4n) is 1.96. The molecule has 0 unspecified atom stereocenters. The van der Waals surface area contributed by atoms with E-state index in [1.165, 1.54) is 34.5 Å². The fraction of sp³-hybridized carbons (Fsp3) is 0.467. The van der Waals surface area contributed by atoms with Gasteiger partial charge < -0.3 is 4.74 Å². The second-order valence-corrected chi connectivity index (χ2v) is 7.37. The van der Waals surface area contributed by atoms with Crippen molar-refractivity contribution in [2.75, 3.05) is 30.5 Å². The van der Waals surface area contributed by atoms with Gasteiger partial charge in [0, 0.05) is 18.9 Å². The van der Waals surface area contributed by atoms with Crippen molar-refractivity contribution in [3.63, 3.8) is 0 Å². The number of ether oxygens (including phenoxy) is 1. The molecule has 0 aliphatic carbocycles. The summed E-state index contributed by atoms with van der Waals surface area (Å²) in [5.41, 5.74) is 1.49. The first-order valence-electron chi connectivity index (χ1n) is 7.33. The first kappa shape index (κ1) is 18.5. The van der Waals surface area contributed by atoms with Crippen LogP contribution in [0.4, 0.5) is 10.3 Å². The van der Waals surface area contributed by atoms with E-state index in [4.69, 9.17) is 4.74 Å². The van der Waals surface area contributed by atoms with Crippen molar-refractivity contribution in [1.82, 2.24) is 9.97 Å². The number of thiazole rings is 2. The van der Waals surface area contributed by atoms with Crippen LogP contribution in [0.15, 0.2) is 0 Å². The maximum absolute atomic E-state index is 12.5. The van der Waals surface area contributed by atoms with Gasteiger partial charge in [-0.1, -0.05) is 11.3 Å². The number of nitrogens with zero attached hydrogens (tertiary/aromatic N) is 3. The first-order chi connectivity index (χ1) is 11.3. The van der Waals surface area contributed by atoms with Crippen molar-refractivity contribution in [1.29, 1.82) is 0 Å². The standard InChI is InChI=1S/C15H20N4O3S2/c1-8-10(3)23-14(16-8)18-13(21)12-9(2)17-15(24-12)19(11(4)20)6-7-22-5/h6-7H2,1-5H3,(H,16,18,21). The Morgan fingerprint density at radius 2 is 1.88 bits per heavy atom. The Bertz CT molecular complexity index is 734. The number of rotatable bonds is 6. The van der Waals surface area contributed by atoms with Gasteiger partial charge in [-0.3, -0.25) is 19.8 Å². The van der Waals surface area contributed by atoms with Crippen LogP contribution in [0.3, 0.4) is 0 Å². The summed E-state index contributed by atoms with van der Waals surface area (Å²) < 4.78 is 5.02. The lowest BCUT2D eigenvalue weighted by molar-refractivity contribution is -0.116. The zero-order valence-corrected chi connectivity index (χ0v) is 15.9. The van der Waals surface area contributed by atoms with Gasteiger partial charge in [-0.2, -0.15) is 0 Å². The molecule has 0 bridgehead atoms. The van der Waals surface area contributed by atoms with Gasteiger partial charge in [0.15, 0.2) is 10.3 Å². The molecule has 0 saturated carbocycles.